The van der Waals surface area contributed by atoms with Crippen LogP contribution in [0.1, 0.15) is 24.5 Å². The van der Waals surface area contributed by atoms with Gasteiger partial charge >= 0.3 is 0 Å². The molecule has 1 amide bonds. The summed E-state index contributed by atoms with van der Waals surface area (Å²) in [6.07, 6.45) is 0.0455. The van der Waals surface area contributed by atoms with E-state index in [1.165, 1.54) is 0 Å². The summed E-state index contributed by atoms with van der Waals surface area (Å²) >= 11 is 0. The average molecular weight is 269 g/mol. The lowest BCUT2D eigenvalue weighted by atomic mass is 9.92. The summed E-state index contributed by atoms with van der Waals surface area (Å²) < 4.78 is 0. The average Bonchev–Trinajstić information content (AvgIpc) is 2.47. The lowest BCUT2D eigenvalue weighted by molar-refractivity contribution is -0.126. The molecule has 0 aliphatic rings. The Morgan fingerprint density at radius 2 is 1.60 bits per heavy atom. The molecular formula is C17H19NO2. The topological polar surface area (TPSA) is 49.3 Å². The summed E-state index contributed by atoms with van der Waals surface area (Å²) in [6.45, 7) is 2.13. The van der Waals surface area contributed by atoms with Gasteiger partial charge in [-0.3, -0.25) is 4.79 Å². The van der Waals surface area contributed by atoms with E-state index in [1.807, 2.05) is 60.7 Å². The van der Waals surface area contributed by atoms with E-state index in [9.17, 15) is 9.90 Å². The number of carbonyl (C=O) groups excluding carboxylic acids is 1. The standard InChI is InChI=1S/C17H19NO2/c1-17(20,15-10-6-3-7-11-15)12-16(19)18-13-14-8-4-2-5-9-14/h2-11,20H,12-13H2,1H3,(H,18,19). The largest absolute Gasteiger partial charge is 0.385 e. The molecule has 0 saturated heterocycles. The summed E-state index contributed by atoms with van der Waals surface area (Å²) in [5, 5.41) is 13.2. The van der Waals surface area contributed by atoms with Crippen LogP contribution >= 0.6 is 0 Å². The SMILES string of the molecule is CC(O)(CC(=O)NCc1ccccc1)c1ccccc1. The van der Waals surface area contributed by atoms with Crippen LogP contribution in [0.15, 0.2) is 60.7 Å². The maximum atomic E-state index is 11.9. The van der Waals surface area contributed by atoms with Crippen molar-refractivity contribution in [2.24, 2.45) is 0 Å². The lowest BCUT2D eigenvalue weighted by Crippen LogP contribution is -2.32. The van der Waals surface area contributed by atoms with E-state index < -0.39 is 5.60 Å². The van der Waals surface area contributed by atoms with Crippen LogP contribution in [0.4, 0.5) is 0 Å². The summed E-state index contributed by atoms with van der Waals surface area (Å²) in [7, 11) is 0. The van der Waals surface area contributed by atoms with Gasteiger partial charge in [0.25, 0.3) is 0 Å². The maximum Gasteiger partial charge on any atom is 0.223 e. The molecule has 0 fully saturated rings. The second-order valence-electron chi connectivity index (χ2n) is 5.08. The van der Waals surface area contributed by atoms with Gasteiger partial charge < -0.3 is 10.4 Å². The second kappa shape index (κ2) is 6.35. The Kier molecular flexibility index (Phi) is 4.53. The highest BCUT2D eigenvalue weighted by atomic mass is 16.3. The minimum atomic E-state index is -1.15. The molecule has 0 aliphatic heterocycles. The molecule has 0 heterocycles. The fourth-order valence-electron chi connectivity index (χ4n) is 2.07. The van der Waals surface area contributed by atoms with Crippen molar-refractivity contribution >= 4 is 5.91 Å². The molecule has 0 spiro atoms. The molecule has 0 aliphatic carbocycles. The molecule has 3 nitrogen and oxygen atoms in total. The number of rotatable bonds is 5. The van der Waals surface area contributed by atoms with Crippen molar-refractivity contribution in [2.45, 2.75) is 25.5 Å². The van der Waals surface area contributed by atoms with Crippen LogP contribution in [0.2, 0.25) is 0 Å². The molecule has 3 heteroatoms. The number of hydrogen-bond acceptors (Lipinski definition) is 2. The Morgan fingerprint density at radius 3 is 2.20 bits per heavy atom. The van der Waals surface area contributed by atoms with Crippen LogP contribution in [0.3, 0.4) is 0 Å². The Morgan fingerprint density at radius 1 is 1.05 bits per heavy atom. The molecule has 0 bridgehead atoms. The molecule has 20 heavy (non-hydrogen) atoms. The minimum absolute atomic E-state index is 0.0455. The fourth-order valence-corrected chi connectivity index (χ4v) is 2.07. The van der Waals surface area contributed by atoms with Gasteiger partial charge in [-0.05, 0) is 18.1 Å². The van der Waals surface area contributed by atoms with Crippen LogP contribution in [0.5, 0.6) is 0 Å². The number of hydrogen-bond donors (Lipinski definition) is 2. The van der Waals surface area contributed by atoms with Crippen LogP contribution in [-0.4, -0.2) is 11.0 Å². The number of amides is 1. The maximum absolute atomic E-state index is 11.9. The number of aliphatic hydroxyl groups is 1. The first kappa shape index (κ1) is 14.3. The van der Waals surface area contributed by atoms with Gasteiger partial charge in [0.15, 0.2) is 0 Å². The molecule has 2 aromatic rings. The van der Waals surface area contributed by atoms with E-state index in [2.05, 4.69) is 5.32 Å². The van der Waals surface area contributed by atoms with Crippen molar-refractivity contribution in [3.05, 3.63) is 71.8 Å². The highest BCUT2D eigenvalue weighted by Crippen LogP contribution is 2.23. The molecular weight excluding hydrogens is 250 g/mol. The lowest BCUT2D eigenvalue weighted by Gasteiger charge is -2.23. The first-order chi connectivity index (χ1) is 9.58. The van der Waals surface area contributed by atoms with E-state index in [0.717, 1.165) is 11.1 Å². The van der Waals surface area contributed by atoms with Crippen molar-refractivity contribution < 1.29 is 9.90 Å². The van der Waals surface area contributed by atoms with Crippen molar-refractivity contribution in [1.82, 2.24) is 5.32 Å². The number of benzene rings is 2. The third kappa shape index (κ3) is 3.93. The van der Waals surface area contributed by atoms with Gasteiger partial charge in [-0.1, -0.05) is 60.7 Å². The van der Waals surface area contributed by atoms with E-state index in [1.54, 1.807) is 6.92 Å². The van der Waals surface area contributed by atoms with Crippen LogP contribution < -0.4 is 5.32 Å². The van der Waals surface area contributed by atoms with Gasteiger partial charge in [-0.2, -0.15) is 0 Å². The zero-order valence-electron chi connectivity index (χ0n) is 11.5. The molecule has 0 radical (unpaired) electrons. The molecule has 2 aromatic carbocycles. The van der Waals surface area contributed by atoms with Gasteiger partial charge in [0.1, 0.15) is 0 Å². The quantitative estimate of drug-likeness (QED) is 0.876. The zero-order chi connectivity index (χ0) is 14.4. The van der Waals surface area contributed by atoms with Crippen LogP contribution in [0.25, 0.3) is 0 Å². The van der Waals surface area contributed by atoms with E-state index in [4.69, 9.17) is 0 Å². The summed E-state index contributed by atoms with van der Waals surface area (Å²) in [4.78, 5) is 11.9. The van der Waals surface area contributed by atoms with E-state index in [-0.39, 0.29) is 12.3 Å². The molecule has 2 N–H and O–H groups in total. The molecule has 0 saturated carbocycles. The predicted octanol–water partition coefficient (Wildman–Crippen LogP) is 2.60. The molecule has 0 aromatic heterocycles. The van der Waals surface area contributed by atoms with E-state index in [0.29, 0.717) is 6.54 Å². The Hall–Kier alpha value is -2.13. The first-order valence-electron chi connectivity index (χ1n) is 6.66. The number of nitrogens with one attached hydrogen (secondary N) is 1. The Labute approximate surface area is 119 Å². The van der Waals surface area contributed by atoms with Gasteiger partial charge in [0.2, 0.25) is 5.91 Å². The predicted molar refractivity (Wildman–Crippen MR) is 78.9 cm³/mol. The van der Waals surface area contributed by atoms with Gasteiger partial charge in [-0.25, -0.2) is 0 Å². The summed E-state index contributed by atoms with van der Waals surface area (Å²) in [5.41, 5.74) is 0.636. The summed E-state index contributed by atoms with van der Waals surface area (Å²) in [5.74, 6) is -0.164. The Bertz CT molecular complexity index is 550. The number of carbonyl (C=O) groups is 1. The van der Waals surface area contributed by atoms with E-state index >= 15 is 0 Å². The smallest absolute Gasteiger partial charge is 0.223 e. The van der Waals surface area contributed by atoms with Crippen LogP contribution in [-0.2, 0) is 16.9 Å². The molecule has 2 rings (SSSR count). The highest BCUT2D eigenvalue weighted by molar-refractivity contribution is 5.77. The van der Waals surface area contributed by atoms with Gasteiger partial charge in [-0.15, -0.1) is 0 Å². The van der Waals surface area contributed by atoms with Crippen molar-refractivity contribution in [1.29, 1.82) is 0 Å². The first-order valence-corrected chi connectivity index (χ1v) is 6.66. The minimum Gasteiger partial charge on any atom is -0.385 e. The van der Waals surface area contributed by atoms with Crippen LogP contribution in [0, 0.1) is 0 Å². The molecule has 1 atom stereocenters. The fraction of sp³-hybridized carbons (Fsp3) is 0.235. The molecule has 104 valence electrons. The van der Waals surface area contributed by atoms with Crippen molar-refractivity contribution in [2.75, 3.05) is 0 Å². The normalized spacial score (nSPS) is 13.5. The zero-order valence-corrected chi connectivity index (χ0v) is 11.5. The van der Waals surface area contributed by atoms with Gasteiger partial charge in [0.05, 0.1) is 12.0 Å². The highest BCUT2D eigenvalue weighted by Gasteiger charge is 2.26. The summed E-state index contributed by atoms with van der Waals surface area (Å²) in [6, 6.07) is 18.9. The third-order valence-electron chi connectivity index (χ3n) is 3.23. The Balaban J connectivity index is 1.91. The van der Waals surface area contributed by atoms with Crippen molar-refractivity contribution in [3.8, 4) is 0 Å². The second-order valence-corrected chi connectivity index (χ2v) is 5.08. The third-order valence-corrected chi connectivity index (χ3v) is 3.23. The monoisotopic (exact) mass is 269 g/mol. The molecule has 1 unspecified atom stereocenters. The van der Waals surface area contributed by atoms with Crippen molar-refractivity contribution in [3.63, 3.8) is 0 Å². The van der Waals surface area contributed by atoms with Gasteiger partial charge in [0, 0.05) is 6.54 Å².